The number of anilines is 1. The van der Waals surface area contributed by atoms with E-state index in [2.05, 4.69) is 12.2 Å². The molecule has 1 saturated carbocycles. The summed E-state index contributed by atoms with van der Waals surface area (Å²) in [5, 5.41) is 12.6. The maximum atomic E-state index is 15.4. The fraction of sp³-hybridized carbons (Fsp3) is 0.514. The third-order valence-electron chi connectivity index (χ3n) is 9.75. The third-order valence-corrected chi connectivity index (χ3v) is 11.1. The van der Waals surface area contributed by atoms with Crippen LogP contribution in [0, 0.1) is 23.6 Å². The largest absolute Gasteiger partial charge is 0.481 e. The van der Waals surface area contributed by atoms with E-state index in [4.69, 9.17) is 20.8 Å². The lowest BCUT2D eigenvalue weighted by Crippen LogP contribution is -2.40. The molecule has 5 rings (SSSR count). The van der Waals surface area contributed by atoms with Crippen LogP contribution in [0.25, 0.3) is 11.0 Å². The van der Waals surface area contributed by atoms with Gasteiger partial charge >= 0.3 is 5.97 Å². The Morgan fingerprint density at radius 1 is 1.17 bits per heavy atom. The number of carboxylic acid groups (broad SMARTS) is 1. The van der Waals surface area contributed by atoms with Crippen LogP contribution in [0.1, 0.15) is 67.8 Å². The number of rotatable bonds is 13. The van der Waals surface area contributed by atoms with E-state index in [-0.39, 0.29) is 76.4 Å². The van der Waals surface area contributed by atoms with Gasteiger partial charge in [-0.15, -0.1) is 0 Å². The second-order valence-corrected chi connectivity index (χ2v) is 16.0. The molecule has 0 spiro atoms. The quantitative estimate of drug-likeness (QED) is 0.209. The van der Waals surface area contributed by atoms with Gasteiger partial charge < -0.3 is 24.5 Å². The normalized spacial score (nSPS) is 22.1. The minimum absolute atomic E-state index is 0.0636. The van der Waals surface area contributed by atoms with E-state index < -0.39 is 27.5 Å². The van der Waals surface area contributed by atoms with Gasteiger partial charge in [0.15, 0.2) is 0 Å². The van der Waals surface area contributed by atoms with Crippen molar-refractivity contribution in [1.29, 1.82) is 0 Å². The molecular weight excluding hydrogens is 663 g/mol. The Bertz CT molecular complexity index is 1750. The zero-order valence-corrected chi connectivity index (χ0v) is 28.7. The molecule has 1 aromatic heterocycles. The van der Waals surface area contributed by atoms with Gasteiger partial charge in [0.2, 0.25) is 5.91 Å². The number of hydrogen-bond donors (Lipinski definition) is 2. The summed E-state index contributed by atoms with van der Waals surface area (Å²) in [7, 11) is -3.08. The summed E-state index contributed by atoms with van der Waals surface area (Å²) in [6.07, 6.45) is 6.44. The summed E-state index contributed by atoms with van der Waals surface area (Å²) >= 11 is 6.48. The molecule has 10 nitrogen and oxygen atoms in total. The first kappa shape index (κ1) is 35.8. The molecule has 1 unspecified atom stereocenters. The Labute approximate surface area is 284 Å². The first-order chi connectivity index (χ1) is 22.8. The average Bonchev–Trinajstić information content (AvgIpc) is 3.67. The number of furan rings is 1. The highest BCUT2D eigenvalue weighted by Crippen LogP contribution is 2.35. The number of hydrogen-bond acceptors (Lipinski definition) is 7. The van der Waals surface area contributed by atoms with Gasteiger partial charge in [0.05, 0.1) is 47.4 Å². The number of likely N-dealkylation sites (tertiary alicyclic amines) is 1. The summed E-state index contributed by atoms with van der Waals surface area (Å²) in [6.45, 7) is 2.77. The molecule has 13 heteroatoms. The molecule has 260 valence electrons. The molecule has 48 heavy (non-hydrogen) atoms. The van der Waals surface area contributed by atoms with Crippen LogP contribution >= 0.6 is 11.6 Å². The molecule has 3 atom stereocenters. The summed E-state index contributed by atoms with van der Waals surface area (Å²) in [5.74, 6) is -2.28. The topological polar surface area (TPSA) is 143 Å². The van der Waals surface area contributed by atoms with E-state index in [9.17, 15) is 27.9 Å². The molecule has 2 amide bonds. The minimum Gasteiger partial charge on any atom is -0.481 e. The Morgan fingerprint density at radius 3 is 2.60 bits per heavy atom. The minimum atomic E-state index is -3.08. The van der Waals surface area contributed by atoms with Crippen LogP contribution in [-0.2, 0) is 30.6 Å². The van der Waals surface area contributed by atoms with Crippen LogP contribution in [0.4, 0.5) is 10.1 Å². The first-order valence-corrected chi connectivity index (χ1v) is 18.8. The number of nitrogens with zero attached hydrogens (tertiary/aromatic N) is 1. The van der Waals surface area contributed by atoms with Gasteiger partial charge in [-0.3, -0.25) is 14.4 Å². The number of aliphatic carboxylic acids is 1. The van der Waals surface area contributed by atoms with E-state index in [0.717, 1.165) is 6.07 Å². The smallest absolute Gasteiger partial charge is 0.306 e. The number of para-hydroxylation sites is 1. The third kappa shape index (κ3) is 8.95. The zero-order valence-electron chi connectivity index (χ0n) is 27.1. The van der Waals surface area contributed by atoms with E-state index in [0.29, 0.717) is 62.5 Å². The maximum Gasteiger partial charge on any atom is 0.306 e. The lowest BCUT2D eigenvalue weighted by atomic mass is 9.87. The van der Waals surface area contributed by atoms with Gasteiger partial charge in [-0.2, -0.15) is 0 Å². The fourth-order valence-electron chi connectivity index (χ4n) is 6.88. The molecule has 1 saturated heterocycles. The van der Waals surface area contributed by atoms with Crippen molar-refractivity contribution in [2.75, 3.05) is 30.5 Å². The summed E-state index contributed by atoms with van der Waals surface area (Å²) in [4.78, 5) is 39.8. The van der Waals surface area contributed by atoms with E-state index in [1.165, 1.54) is 18.6 Å². The maximum absolute atomic E-state index is 15.4. The summed E-state index contributed by atoms with van der Waals surface area (Å²) in [6, 6.07) is 9.23. The highest BCUT2D eigenvalue weighted by Gasteiger charge is 2.38. The number of ether oxygens (including phenoxy) is 1. The Hall–Kier alpha value is -3.48. The molecule has 0 bridgehead atoms. The molecular formula is C35H42ClFN2O8S. The number of nitrogens with one attached hydrogen (secondary N) is 1. The predicted octanol–water partition coefficient (Wildman–Crippen LogP) is 6.36. The SMILES string of the molecule is C[C@H](CCCS(C)(=O)=O)C1C[C@@H](COC2CCC(C(=O)O)CC2)N(C(=O)Cc2cc(Cl)c(NC(=O)c3coc4ccccc34)cc2F)C1. The number of carbonyl (C=O) groups excluding carboxylic acids is 2. The van der Waals surface area contributed by atoms with Crippen molar-refractivity contribution in [1.82, 2.24) is 4.90 Å². The second kappa shape index (κ2) is 15.4. The van der Waals surface area contributed by atoms with Crippen molar-refractivity contribution < 1.29 is 41.5 Å². The standard InChI is InChI=1S/C35H42ClFN2O8S/c1-21(6-5-13-48(2,44)45)24-14-25(19-46-26-11-9-22(10-12-26)35(42)43)39(18-24)33(40)16-23-15-29(36)31(17-30(23)37)38-34(41)28-20-47-32-8-4-3-7-27(28)32/h3-4,7-8,15,17,20-22,24-26H,5-6,9-14,16,18-19H2,1-2H3,(H,38,41)(H,42,43)/t21-,22?,24?,25+,26?/m1/s1. The molecule has 2 aliphatic rings. The number of fused-ring (bicyclic) bond motifs is 1. The highest BCUT2D eigenvalue weighted by atomic mass is 35.5. The van der Waals surface area contributed by atoms with Crippen molar-refractivity contribution in [2.24, 2.45) is 17.8 Å². The van der Waals surface area contributed by atoms with Crippen molar-refractivity contribution in [3.8, 4) is 0 Å². The monoisotopic (exact) mass is 704 g/mol. The van der Waals surface area contributed by atoms with E-state index in [1.54, 1.807) is 29.2 Å². The number of amides is 2. The summed E-state index contributed by atoms with van der Waals surface area (Å²) in [5.41, 5.74) is 0.968. The van der Waals surface area contributed by atoms with Crippen LogP contribution in [0.15, 0.2) is 47.1 Å². The van der Waals surface area contributed by atoms with Gasteiger partial charge in [0.25, 0.3) is 5.91 Å². The second-order valence-electron chi connectivity index (χ2n) is 13.3. The Morgan fingerprint density at radius 2 is 1.90 bits per heavy atom. The molecule has 2 aromatic carbocycles. The highest BCUT2D eigenvalue weighted by molar-refractivity contribution is 7.90. The Kier molecular flexibility index (Phi) is 11.5. The van der Waals surface area contributed by atoms with Crippen LogP contribution in [0.2, 0.25) is 5.02 Å². The van der Waals surface area contributed by atoms with Gasteiger partial charge in [-0.25, -0.2) is 12.8 Å². The fourth-order valence-corrected chi connectivity index (χ4v) is 7.81. The van der Waals surface area contributed by atoms with E-state index >= 15 is 4.39 Å². The molecule has 1 aliphatic carbocycles. The molecule has 2 fully saturated rings. The van der Waals surface area contributed by atoms with Crippen LogP contribution in [-0.4, -0.2) is 73.5 Å². The van der Waals surface area contributed by atoms with Gasteiger partial charge in [-0.1, -0.05) is 36.7 Å². The number of halogens is 2. The van der Waals surface area contributed by atoms with Crippen molar-refractivity contribution in [3.05, 3.63) is 64.6 Å². The molecule has 0 radical (unpaired) electrons. The molecule has 1 aliphatic heterocycles. The molecule has 2 heterocycles. The van der Waals surface area contributed by atoms with Gasteiger partial charge in [-0.05, 0) is 80.5 Å². The Balaban J connectivity index is 1.25. The summed E-state index contributed by atoms with van der Waals surface area (Å²) < 4.78 is 50.4. The van der Waals surface area contributed by atoms with Crippen molar-refractivity contribution in [3.63, 3.8) is 0 Å². The number of carboxylic acids is 1. The van der Waals surface area contributed by atoms with Crippen molar-refractivity contribution in [2.45, 2.75) is 70.4 Å². The number of benzene rings is 2. The number of carbonyl (C=O) groups is 3. The lowest BCUT2D eigenvalue weighted by Gasteiger charge is -2.30. The predicted molar refractivity (Wildman–Crippen MR) is 180 cm³/mol. The van der Waals surface area contributed by atoms with E-state index in [1.807, 2.05) is 0 Å². The van der Waals surface area contributed by atoms with Crippen molar-refractivity contribution >= 4 is 55.9 Å². The molecule has 3 aromatic rings. The van der Waals surface area contributed by atoms with Gasteiger partial charge in [0.1, 0.15) is 27.5 Å². The lowest BCUT2D eigenvalue weighted by molar-refractivity contribution is -0.144. The van der Waals surface area contributed by atoms with Gasteiger partial charge in [0, 0.05) is 23.9 Å². The van der Waals surface area contributed by atoms with Crippen LogP contribution < -0.4 is 5.32 Å². The van der Waals surface area contributed by atoms with Crippen LogP contribution in [0.5, 0.6) is 0 Å². The first-order valence-electron chi connectivity index (χ1n) is 16.4. The van der Waals surface area contributed by atoms with Crippen LogP contribution in [0.3, 0.4) is 0 Å². The average molecular weight is 705 g/mol. The molecule has 2 N–H and O–H groups in total. The number of sulfone groups is 1. The zero-order chi connectivity index (χ0) is 34.6.